The minimum Gasteiger partial charge on any atom is -0.319 e. The standard InChI is InChI=1S/C14H13N3S/c15-8-10-3-1-4-11(7-10)12-9-18-13(17-12)14(16)5-2-6-14/h1,3-4,7,9H,2,5-6,16H2. The average Bonchev–Trinajstić information content (AvgIpc) is 2.86. The average molecular weight is 255 g/mol. The molecule has 3 rings (SSSR count). The van der Waals surface area contributed by atoms with Crippen molar-refractivity contribution in [3.05, 3.63) is 40.2 Å². The highest BCUT2D eigenvalue weighted by Crippen LogP contribution is 2.41. The molecule has 1 fully saturated rings. The number of rotatable bonds is 2. The van der Waals surface area contributed by atoms with Crippen molar-refractivity contribution in [3.8, 4) is 17.3 Å². The van der Waals surface area contributed by atoms with Gasteiger partial charge < -0.3 is 5.73 Å². The largest absolute Gasteiger partial charge is 0.319 e. The summed E-state index contributed by atoms with van der Waals surface area (Å²) in [5.74, 6) is 0. The minimum atomic E-state index is -0.199. The lowest BCUT2D eigenvalue weighted by Crippen LogP contribution is -2.43. The predicted molar refractivity (Wildman–Crippen MR) is 72.0 cm³/mol. The Morgan fingerprint density at radius 1 is 1.39 bits per heavy atom. The number of hydrogen-bond donors (Lipinski definition) is 1. The molecule has 2 aromatic rings. The van der Waals surface area contributed by atoms with Gasteiger partial charge in [0.2, 0.25) is 0 Å². The maximum atomic E-state index is 8.90. The van der Waals surface area contributed by atoms with E-state index in [9.17, 15) is 0 Å². The molecule has 0 spiro atoms. The van der Waals surface area contributed by atoms with Crippen molar-refractivity contribution in [2.24, 2.45) is 5.73 Å². The highest BCUT2D eigenvalue weighted by atomic mass is 32.1. The fourth-order valence-corrected chi connectivity index (χ4v) is 3.16. The van der Waals surface area contributed by atoms with E-state index in [0.29, 0.717) is 5.56 Å². The van der Waals surface area contributed by atoms with Crippen LogP contribution >= 0.6 is 11.3 Å². The smallest absolute Gasteiger partial charge is 0.113 e. The van der Waals surface area contributed by atoms with Gasteiger partial charge in [-0.1, -0.05) is 12.1 Å². The van der Waals surface area contributed by atoms with Gasteiger partial charge in [0.15, 0.2) is 0 Å². The number of nitrogens with zero attached hydrogens (tertiary/aromatic N) is 2. The van der Waals surface area contributed by atoms with Crippen LogP contribution in [0.4, 0.5) is 0 Å². The number of hydrogen-bond acceptors (Lipinski definition) is 4. The van der Waals surface area contributed by atoms with E-state index in [1.807, 2.05) is 23.6 Å². The number of nitriles is 1. The lowest BCUT2D eigenvalue weighted by Gasteiger charge is -2.35. The third-order valence-electron chi connectivity index (χ3n) is 3.46. The van der Waals surface area contributed by atoms with Crippen LogP contribution in [0.1, 0.15) is 29.8 Å². The molecule has 4 heteroatoms. The summed E-state index contributed by atoms with van der Waals surface area (Å²) in [6.07, 6.45) is 3.24. The molecule has 0 saturated heterocycles. The first kappa shape index (κ1) is 11.4. The van der Waals surface area contributed by atoms with E-state index in [1.165, 1.54) is 6.42 Å². The van der Waals surface area contributed by atoms with Crippen LogP contribution in [-0.4, -0.2) is 4.98 Å². The maximum Gasteiger partial charge on any atom is 0.113 e. The molecule has 0 amide bonds. The molecule has 0 unspecified atom stereocenters. The second-order valence-electron chi connectivity index (χ2n) is 4.74. The Hall–Kier alpha value is -1.70. The lowest BCUT2D eigenvalue weighted by atomic mass is 9.78. The molecule has 2 N–H and O–H groups in total. The summed E-state index contributed by atoms with van der Waals surface area (Å²) in [5.41, 5.74) is 8.63. The summed E-state index contributed by atoms with van der Waals surface area (Å²) in [4.78, 5) is 4.63. The Morgan fingerprint density at radius 3 is 2.89 bits per heavy atom. The lowest BCUT2D eigenvalue weighted by molar-refractivity contribution is 0.253. The number of thiazole rings is 1. The van der Waals surface area contributed by atoms with Crippen LogP contribution in [-0.2, 0) is 5.54 Å². The molecule has 90 valence electrons. The normalized spacial score (nSPS) is 16.9. The van der Waals surface area contributed by atoms with Crippen LogP contribution in [0.3, 0.4) is 0 Å². The topological polar surface area (TPSA) is 62.7 Å². The molecule has 1 aliphatic carbocycles. The van der Waals surface area contributed by atoms with Crippen LogP contribution in [0, 0.1) is 11.3 Å². The molecule has 1 aliphatic rings. The first-order valence-corrected chi connectivity index (χ1v) is 6.85. The molecule has 1 heterocycles. The van der Waals surface area contributed by atoms with Crippen molar-refractivity contribution in [1.29, 1.82) is 5.26 Å². The van der Waals surface area contributed by atoms with Crippen molar-refractivity contribution in [1.82, 2.24) is 4.98 Å². The van der Waals surface area contributed by atoms with E-state index < -0.39 is 0 Å². The monoisotopic (exact) mass is 255 g/mol. The molecular formula is C14H13N3S. The van der Waals surface area contributed by atoms with Gasteiger partial charge in [0, 0.05) is 10.9 Å². The van der Waals surface area contributed by atoms with Crippen molar-refractivity contribution < 1.29 is 0 Å². The van der Waals surface area contributed by atoms with Crippen molar-refractivity contribution in [3.63, 3.8) is 0 Å². The number of nitrogens with two attached hydrogens (primary N) is 1. The van der Waals surface area contributed by atoms with Crippen LogP contribution < -0.4 is 5.73 Å². The maximum absolute atomic E-state index is 8.90. The molecule has 0 bridgehead atoms. The van der Waals surface area contributed by atoms with E-state index in [4.69, 9.17) is 11.0 Å². The summed E-state index contributed by atoms with van der Waals surface area (Å²) in [7, 11) is 0. The van der Waals surface area contributed by atoms with Crippen LogP contribution in [0.15, 0.2) is 29.6 Å². The molecule has 0 radical (unpaired) electrons. The van der Waals surface area contributed by atoms with Crippen molar-refractivity contribution in [2.45, 2.75) is 24.8 Å². The summed E-state index contributed by atoms with van der Waals surface area (Å²) < 4.78 is 0. The van der Waals surface area contributed by atoms with Gasteiger partial charge >= 0.3 is 0 Å². The predicted octanol–water partition coefficient (Wildman–Crippen LogP) is 3.02. The first-order chi connectivity index (χ1) is 8.71. The molecule has 18 heavy (non-hydrogen) atoms. The van der Waals surface area contributed by atoms with Gasteiger partial charge in [-0.3, -0.25) is 0 Å². The SMILES string of the molecule is N#Cc1cccc(-c2csc(C3(N)CCC3)n2)c1. The Bertz CT molecular complexity index is 620. The van der Waals surface area contributed by atoms with Gasteiger partial charge in [0.1, 0.15) is 5.01 Å². The Kier molecular flexibility index (Phi) is 2.66. The first-order valence-electron chi connectivity index (χ1n) is 5.97. The van der Waals surface area contributed by atoms with E-state index in [2.05, 4.69) is 11.1 Å². The van der Waals surface area contributed by atoms with Gasteiger partial charge in [-0.15, -0.1) is 11.3 Å². The van der Waals surface area contributed by atoms with E-state index in [-0.39, 0.29) is 5.54 Å². The molecule has 1 aromatic heterocycles. The molecule has 1 saturated carbocycles. The molecule has 0 atom stereocenters. The summed E-state index contributed by atoms with van der Waals surface area (Å²) in [6, 6.07) is 9.67. The summed E-state index contributed by atoms with van der Waals surface area (Å²) in [5, 5.41) is 11.9. The highest BCUT2D eigenvalue weighted by Gasteiger charge is 2.37. The van der Waals surface area contributed by atoms with E-state index in [1.54, 1.807) is 17.4 Å². The van der Waals surface area contributed by atoms with Crippen LogP contribution in [0.5, 0.6) is 0 Å². The zero-order valence-corrected chi connectivity index (χ0v) is 10.7. The quantitative estimate of drug-likeness (QED) is 0.897. The second-order valence-corrected chi connectivity index (χ2v) is 5.60. The third-order valence-corrected chi connectivity index (χ3v) is 4.53. The van der Waals surface area contributed by atoms with Crippen molar-refractivity contribution in [2.75, 3.05) is 0 Å². The third kappa shape index (κ3) is 1.82. The summed E-state index contributed by atoms with van der Waals surface area (Å²) >= 11 is 1.62. The van der Waals surface area contributed by atoms with E-state index >= 15 is 0 Å². The van der Waals surface area contributed by atoms with Gasteiger partial charge in [0.05, 0.1) is 22.9 Å². The van der Waals surface area contributed by atoms with Crippen LogP contribution in [0.25, 0.3) is 11.3 Å². The molecular weight excluding hydrogens is 242 g/mol. The Morgan fingerprint density at radius 2 is 2.22 bits per heavy atom. The zero-order valence-electron chi connectivity index (χ0n) is 9.89. The van der Waals surface area contributed by atoms with Gasteiger partial charge in [0.25, 0.3) is 0 Å². The highest BCUT2D eigenvalue weighted by molar-refractivity contribution is 7.10. The molecule has 1 aromatic carbocycles. The second kappa shape index (κ2) is 4.20. The van der Waals surface area contributed by atoms with Gasteiger partial charge in [-0.2, -0.15) is 5.26 Å². The van der Waals surface area contributed by atoms with Gasteiger partial charge in [-0.25, -0.2) is 4.98 Å². The van der Waals surface area contributed by atoms with Crippen LogP contribution in [0.2, 0.25) is 0 Å². The van der Waals surface area contributed by atoms with E-state index in [0.717, 1.165) is 29.1 Å². The summed E-state index contributed by atoms with van der Waals surface area (Å²) in [6.45, 7) is 0. The molecule has 0 aliphatic heterocycles. The minimum absolute atomic E-state index is 0.199. The fourth-order valence-electron chi connectivity index (χ4n) is 2.15. The number of benzene rings is 1. The van der Waals surface area contributed by atoms with Crippen molar-refractivity contribution >= 4 is 11.3 Å². The fraction of sp³-hybridized carbons (Fsp3) is 0.286. The zero-order chi connectivity index (χ0) is 12.6. The molecule has 3 nitrogen and oxygen atoms in total. The van der Waals surface area contributed by atoms with Gasteiger partial charge in [-0.05, 0) is 31.4 Å². The Labute approximate surface area is 110 Å². The Balaban J connectivity index is 1.95. The number of aromatic nitrogens is 1.